The smallest absolute Gasteiger partial charge is 0.324 e. The number of aliphatic carboxylic acids is 1. The Morgan fingerprint density at radius 2 is 2.05 bits per heavy atom. The monoisotopic (exact) mass is 290 g/mol. The van der Waals surface area contributed by atoms with Crippen LogP contribution in [0, 0.1) is 6.92 Å². The van der Waals surface area contributed by atoms with Crippen molar-refractivity contribution in [2.45, 2.75) is 44.9 Å². The lowest BCUT2D eigenvalue weighted by Crippen LogP contribution is -2.53. The second kappa shape index (κ2) is 5.70. The minimum absolute atomic E-state index is 0.163. The summed E-state index contributed by atoms with van der Waals surface area (Å²) in [6.07, 6.45) is 0.325. The summed E-state index contributed by atoms with van der Waals surface area (Å²) in [5, 5.41) is 12.8. The van der Waals surface area contributed by atoms with Crippen LogP contribution in [0.5, 0.6) is 0 Å². The fourth-order valence-corrected chi connectivity index (χ4v) is 3.32. The minimum Gasteiger partial charge on any atom is -0.480 e. The molecule has 1 heterocycles. The van der Waals surface area contributed by atoms with Gasteiger partial charge in [-0.25, -0.2) is 8.42 Å². The molecule has 0 amide bonds. The molecule has 0 aromatic carbocycles. The van der Waals surface area contributed by atoms with Crippen LogP contribution in [-0.2, 0) is 20.6 Å². The molecule has 19 heavy (non-hydrogen) atoms. The fraction of sp³-hybridized carbons (Fsp3) is 0.636. The minimum atomic E-state index is -3.80. The van der Waals surface area contributed by atoms with E-state index in [1.54, 1.807) is 20.8 Å². The van der Waals surface area contributed by atoms with E-state index in [1.165, 1.54) is 6.07 Å². The zero-order valence-corrected chi connectivity index (χ0v) is 12.0. The van der Waals surface area contributed by atoms with Gasteiger partial charge in [0, 0.05) is 6.07 Å². The van der Waals surface area contributed by atoms with Crippen molar-refractivity contribution in [1.82, 2.24) is 9.88 Å². The third kappa shape index (κ3) is 3.77. The van der Waals surface area contributed by atoms with Crippen molar-refractivity contribution in [3.05, 3.63) is 17.5 Å². The molecule has 7 nitrogen and oxygen atoms in total. The largest absolute Gasteiger partial charge is 0.480 e. The number of sulfonamides is 1. The van der Waals surface area contributed by atoms with Gasteiger partial charge in [0.15, 0.2) is 0 Å². The molecule has 0 fully saturated rings. The van der Waals surface area contributed by atoms with E-state index in [0.29, 0.717) is 5.76 Å². The Morgan fingerprint density at radius 3 is 2.42 bits per heavy atom. The number of aryl methyl sites for hydroxylation is 1. The third-order valence-electron chi connectivity index (χ3n) is 2.98. The summed E-state index contributed by atoms with van der Waals surface area (Å²) >= 11 is 0. The fourth-order valence-electron chi connectivity index (χ4n) is 1.75. The molecule has 0 saturated heterocycles. The van der Waals surface area contributed by atoms with E-state index >= 15 is 0 Å². The molecule has 1 aromatic rings. The predicted octanol–water partition coefficient (Wildman–Crippen LogP) is 1.05. The number of rotatable bonds is 7. The van der Waals surface area contributed by atoms with Crippen LogP contribution in [-0.4, -0.2) is 30.2 Å². The number of carboxylic acids is 1. The van der Waals surface area contributed by atoms with E-state index in [9.17, 15) is 18.3 Å². The van der Waals surface area contributed by atoms with E-state index in [0.717, 1.165) is 0 Å². The van der Waals surface area contributed by atoms with Crippen molar-refractivity contribution >= 4 is 16.0 Å². The van der Waals surface area contributed by atoms with Crippen molar-refractivity contribution < 1.29 is 22.8 Å². The average molecular weight is 290 g/mol. The summed E-state index contributed by atoms with van der Waals surface area (Å²) in [6.45, 7) is 4.90. The molecule has 0 aliphatic rings. The quantitative estimate of drug-likeness (QED) is 0.776. The van der Waals surface area contributed by atoms with Gasteiger partial charge in [0.25, 0.3) is 0 Å². The average Bonchev–Trinajstić information content (AvgIpc) is 2.70. The van der Waals surface area contributed by atoms with Crippen LogP contribution in [0.15, 0.2) is 10.6 Å². The topological polar surface area (TPSA) is 110 Å². The van der Waals surface area contributed by atoms with Gasteiger partial charge in [-0.05, 0) is 19.8 Å². The van der Waals surface area contributed by atoms with Crippen LogP contribution in [0.25, 0.3) is 0 Å². The second-order valence-electron chi connectivity index (χ2n) is 4.38. The first-order valence-electron chi connectivity index (χ1n) is 5.92. The zero-order chi connectivity index (χ0) is 14.7. The Morgan fingerprint density at radius 1 is 1.47 bits per heavy atom. The normalized spacial score (nSPS) is 12.6. The molecule has 0 saturated carbocycles. The lowest BCUT2D eigenvalue weighted by Gasteiger charge is -2.27. The molecule has 0 atom stereocenters. The maximum absolute atomic E-state index is 12.0. The van der Waals surface area contributed by atoms with E-state index < -0.39 is 27.3 Å². The first kappa shape index (κ1) is 15.6. The van der Waals surface area contributed by atoms with Gasteiger partial charge < -0.3 is 9.63 Å². The molecule has 1 aromatic heterocycles. The first-order valence-corrected chi connectivity index (χ1v) is 7.57. The van der Waals surface area contributed by atoms with Gasteiger partial charge in [0.2, 0.25) is 10.0 Å². The Hall–Kier alpha value is -1.41. The van der Waals surface area contributed by atoms with Crippen molar-refractivity contribution in [3.63, 3.8) is 0 Å². The highest BCUT2D eigenvalue weighted by Gasteiger charge is 2.38. The predicted molar refractivity (Wildman–Crippen MR) is 67.9 cm³/mol. The summed E-state index contributed by atoms with van der Waals surface area (Å²) in [4.78, 5) is 11.3. The summed E-state index contributed by atoms with van der Waals surface area (Å²) in [5.74, 6) is -1.09. The highest BCUT2D eigenvalue weighted by atomic mass is 32.2. The van der Waals surface area contributed by atoms with Gasteiger partial charge in [-0.3, -0.25) is 4.79 Å². The number of aromatic nitrogens is 1. The number of carbonyl (C=O) groups is 1. The Bertz CT molecular complexity index is 545. The van der Waals surface area contributed by atoms with Crippen molar-refractivity contribution in [2.24, 2.45) is 0 Å². The summed E-state index contributed by atoms with van der Waals surface area (Å²) < 4.78 is 31.0. The molecule has 1 rings (SSSR count). The van der Waals surface area contributed by atoms with Crippen molar-refractivity contribution in [3.8, 4) is 0 Å². The molecule has 8 heteroatoms. The standard InChI is InChI=1S/C11H18N2O5S/c1-4-11(5-2,10(14)15)13-19(16,17)7-9-6-8(3)18-12-9/h6,13H,4-5,7H2,1-3H3,(H,14,15). The SMILES string of the molecule is CCC(CC)(NS(=O)(=O)Cc1cc(C)on1)C(=O)O. The van der Waals surface area contributed by atoms with Crippen LogP contribution < -0.4 is 4.72 Å². The molecule has 0 bridgehead atoms. The second-order valence-corrected chi connectivity index (χ2v) is 6.11. The van der Waals surface area contributed by atoms with Gasteiger partial charge >= 0.3 is 5.97 Å². The maximum Gasteiger partial charge on any atom is 0.324 e. The summed E-state index contributed by atoms with van der Waals surface area (Å²) in [5.41, 5.74) is -1.23. The molecule has 2 N–H and O–H groups in total. The molecule has 0 unspecified atom stereocenters. The third-order valence-corrected chi connectivity index (χ3v) is 4.36. The van der Waals surface area contributed by atoms with E-state index in [4.69, 9.17) is 4.52 Å². The number of hydrogen-bond acceptors (Lipinski definition) is 5. The van der Waals surface area contributed by atoms with Gasteiger partial charge in [0.05, 0.1) is 0 Å². The van der Waals surface area contributed by atoms with Crippen LogP contribution in [0.4, 0.5) is 0 Å². The number of hydrogen-bond donors (Lipinski definition) is 2. The Labute approximate surface area is 112 Å². The van der Waals surface area contributed by atoms with E-state index in [2.05, 4.69) is 9.88 Å². The first-order chi connectivity index (χ1) is 8.74. The van der Waals surface area contributed by atoms with Gasteiger partial charge in [-0.15, -0.1) is 0 Å². The number of nitrogens with zero attached hydrogens (tertiary/aromatic N) is 1. The number of carboxylic acid groups (broad SMARTS) is 1. The molecule has 108 valence electrons. The summed E-state index contributed by atoms with van der Waals surface area (Å²) in [7, 11) is -3.80. The van der Waals surface area contributed by atoms with Crippen LogP contribution in [0.3, 0.4) is 0 Å². The van der Waals surface area contributed by atoms with Crippen LogP contribution in [0.1, 0.15) is 38.1 Å². The van der Waals surface area contributed by atoms with Crippen LogP contribution in [0.2, 0.25) is 0 Å². The van der Waals surface area contributed by atoms with Crippen molar-refractivity contribution in [1.29, 1.82) is 0 Å². The van der Waals surface area contributed by atoms with E-state index in [1.807, 2.05) is 0 Å². The highest BCUT2D eigenvalue weighted by molar-refractivity contribution is 7.88. The molecule has 0 aliphatic heterocycles. The highest BCUT2D eigenvalue weighted by Crippen LogP contribution is 2.18. The van der Waals surface area contributed by atoms with Crippen molar-refractivity contribution in [2.75, 3.05) is 0 Å². The molecular weight excluding hydrogens is 272 g/mol. The van der Waals surface area contributed by atoms with Gasteiger partial charge in [-0.1, -0.05) is 19.0 Å². The van der Waals surface area contributed by atoms with E-state index in [-0.39, 0.29) is 18.5 Å². The lowest BCUT2D eigenvalue weighted by molar-refractivity contribution is -0.144. The molecule has 0 aliphatic carbocycles. The molecular formula is C11H18N2O5S. The van der Waals surface area contributed by atoms with Gasteiger partial charge in [-0.2, -0.15) is 4.72 Å². The maximum atomic E-state index is 12.0. The lowest BCUT2D eigenvalue weighted by atomic mass is 9.95. The number of nitrogens with one attached hydrogen (secondary N) is 1. The summed E-state index contributed by atoms with van der Waals surface area (Å²) in [6, 6.07) is 1.50. The van der Waals surface area contributed by atoms with Gasteiger partial charge in [0.1, 0.15) is 22.7 Å². The Balaban J connectivity index is 2.92. The molecule has 0 radical (unpaired) electrons. The molecule has 0 spiro atoms. The van der Waals surface area contributed by atoms with Crippen LogP contribution >= 0.6 is 0 Å². The Kier molecular flexibility index (Phi) is 4.70. The zero-order valence-electron chi connectivity index (χ0n) is 11.1.